The zero-order chi connectivity index (χ0) is 13.4. The molecule has 1 aliphatic heterocycles. The largest absolute Gasteiger partial charge is 0.324 e. The molecule has 1 aromatic carbocycles. The number of nitrogens with two attached hydrogens (primary N) is 1. The van der Waals surface area contributed by atoms with Crippen LogP contribution in [0.25, 0.3) is 0 Å². The fraction of sp³-hybridized carbons (Fsp3) is 0.625. The van der Waals surface area contributed by atoms with Gasteiger partial charge in [0.1, 0.15) is 0 Å². The predicted molar refractivity (Wildman–Crippen MR) is 79.0 cm³/mol. The third-order valence-corrected chi connectivity index (χ3v) is 4.83. The summed E-state index contributed by atoms with van der Waals surface area (Å²) in [5, 5.41) is 0. The van der Waals surface area contributed by atoms with Gasteiger partial charge in [-0.2, -0.15) is 0 Å². The first-order valence-corrected chi connectivity index (χ1v) is 7.41. The van der Waals surface area contributed by atoms with Crippen molar-refractivity contribution in [3.63, 3.8) is 0 Å². The summed E-state index contributed by atoms with van der Waals surface area (Å²) in [6.07, 6.45) is 3.71. The molecule has 1 aliphatic carbocycles. The Bertz CT molecular complexity index is 443. The highest BCUT2D eigenvalue weighted by Crippen LogP contribution is 2.41. The van der Waals surface area contributed by atoms with Crippen LogP contribution in [0.5, 0.6) is 0 Å². The van der Waals surface area contributed by atoms with E-state index in [4.69, 9.17) is 5.73 Å². The van der Waals surface area contributed by atoms with E-state index < -0.39 is 0 Å². The minimum atomic E-state index is 0.223. The van der Waals surface area contributed by atoms with Crippen LogP contribution in [0.1, 0.15) is 42.5 Å². The average Bonchev–Trinajstić information content (AvgIpc) is 2.77. The molecule has 1 aromatic rings. The molecule has 0 spiro atoms. The quantitative estimate of drug-likeness (QED) is 0.883. The minimum absolute atomic E-state index is 0.223. The number of likely N-dealkylation sites (tertiary alicyclic amines) is 1. The second kappa shape index (κ2) is 5.23. The van der Waals surface area contributed by atoms with E-state index in [0.29, 0.717) is 12.1 Å². The lowest BCUT2D eigenvalue weighted by Crippen LogP contribution is -2.46. The molecule has 3 heteroatoms. The van der Waals surface area contributed by atoms with Crippen molar-refractivity contribution >= 4 is 0 Å². The molecule has 0 aromatic heterocycles. The molecule has 2 aliphatic rings. The fourth-order valence-corrected chi connectivity index (χ4v) is 3.68. The Balaban J connectivity index is 1.80. The molecule has 1 heterocycles. The zero-order valence-electron chi connectivity index (χ0n) is 12.0. The van der Waals surface area contributed by atoms with Crippen LogP contribution >= 0.6 is 0 Å². The number of rotatable bonds is 2. The Morgan fingerprint density at radius 3 is 2.68 bits per heavy atom. The van der Waals surface area contributed by atoms with Gasteiger partial charge < -0.3 is 10.6 Å². The number of hydrogen-bond acceptors (Lipinski definition) is 3. The van der Waals surface area contributed by atoms with E-state index in [1.54, 1.807) is 0 Å². The fourth-order valence-electron chi connectivity index (χ4n) is 3.68. The van der Waals surface area contributed by atoms with Gasteiger partial charge in [0, 0.05) is 24.7 Å². The van der Waals surface area contributed by atoms with Crippen LogP contribution in [-0.2, 0) is 0 Å². The van der Waals surface area contributed by atoms with Crippen molar-refractivity contribution in [2.45, 2.75) is 37.4 Å². The first-order valence-electron chi connectivity index (χ1n) is 7.41. The van der Waals surface area contributed by atoms with Crippen molar-refractivity contribution in [3.8, 4) is 0 Å². The van der Waals surface area contributed by atoms with Gasteiger partial charge in [0.2, 0.25) is 0 Å². The SMILES string of the molecule is CN(C)C1CCCN(C2CC(N)c3ccccc32)C1. The molecular weight excluding hydrogens is 234 g/mol. The molecule has 3 nitrogen and oxygen atoms in total. The van der Waals surface area contributed by atoms with Crippen LogP contribution in [0.4, 0.5) is 0 Å². The predicted octanol–water partition coefficient (Wildman–Crippen LogP) is 2.16. The summed E-state index contributed by atoms with van der Waals surface area (Å²) in [6, 6.07) is 10.2. The summed E-state index contributed by atoms with van der Waals surface area (Å²) < 4.78 is 0. The van der Waals surface area contributed by atoms with Crippen LogP contribution < -0.4 is 5.73 Å². The Labute approximate surface area is 116 Å². The summed E-state index contributed by atoms with van der Waals surface area (Å²) in [7, 11) is 4.39. The van der Waals surface area contributed by atoms with Crippen LogP contribution in [0, 0.1) is 0 Å². The maximum atomic E-state index is 6.30. The molecule has 3 rings (SSSR count). The number of fused-ring (bicyclic) bond motifs is 1. The van der Waals surface area contributed by atoms with E-state index >= 15 is 0 Å². The minimum Gasteiger partial charge on any atom is -0.324 e. The molecule has 3 atom stereocenters. The molecule has 104 valence electrons. The molecule has 1 fully saturated rings. The number of likely N-dealkylation sites (N-methyl/N-ethyl adjacent to an activating group) is 1. The van der Waals surface area contributed by atoms with E-state index in [9.17, 15) is 0 Å². The van der Waals surface area contributed by atoms with Gasteiger partial charge in [-0.3, -0.25) is 4.90 Å². The van der Waals surface area contributed by atoms with Crippen molar-refractivity contribution in [1.29, 1.82) is 0 Å². The summed E-state index contributed by atoms with van der Waals surface area (Å²) >= 11 is 0. The number of nitrogens with zero attached hydrogens (tertiary/aromatic N) is 2. The van der Waals surface area contributed by atoms with Crippen LogP contribution in [0.2, 0.25) is 0 Å². The van der Waals surface area contributed by atoms with Gasteiger partial charge in [-0.15, -0.1) is 0 Å². The molecule has 0 bridgehead atoms. The highest BCUT2D eigenvalue weighted by Gasteiger charge is 2.34. The highest BCUT2D eigenvalue weighted by atomic mass is 15.2. The lowest BCUT2D eigenvalue weighted by atomic mass is 10.00. The second-order valence-corrected chi connectivity index (χ2v) is 6.24. The van der Waals surface area contributed by atoms with E-state index in [-0.39, 0.29) is 6.04 Å². The van der Waals surface area contributed by atoms with E-state index in [1.807, 2.05) is 0 Å². The summed E-state index contributed by atoms with van der Waals surface area (Å²) in [4.78, 5) is 5.02. The van der Waals surface area contributed by atoms with Crippen LogP contribution in [0.15, 0.2) is 24.3 Å². The lowest BCUT2D eigenvalue weighted by molar-refractivity contribution is 0.0939. The maximum absolute atomic E-state index is 6.30. The molecule has 19 heavy (non-hydrogen) atoms. The summed E-state index contributed by atoms with van der Waals surface area (Å²) in [5.74, 6) is 0. The van der Waals surface area contributed by atoms with Crippen molar-refractivity contribution in [2.24, 2.45) is 5.73 Å². The first kappa shape index (κ1) is 13.1. The third kappa shape index (κ3) is 2.42. The highest BCUT2D eigenvalue weighted by molar-refractivity contribution is 5.37. The Hall–Kier alpha value is -0.900. The summed E-state index contributed by atoms with van der Waals surface area (Å²) in [5.41, 5.74) is 9.13. The van der Waals surface area contributed by atoms with Crippen LogP contribution in [0.3, 0.4) is 0 Å². The number of benzene rings is 1. The molecule has 3 unspecified atom stereocenters. The van der Waals surface area contributed by atoms with Gasteiger partial charge in [-0.25, -0.2) is 0 Å². The standard InChI is InChI=1S/C16H25N3/c1-18(2)12-6-5-9-19(11-12)16-10-15(17)13-7-3-4-8-14(13)16/h3-4,7-8,12,15-16H,5-6,9-11,17H2,1-2H3. The summed E-state index contributed by atoms with van der Waals surface area (Å²) in [6.45, 7) is 2.40. The molecule has 0 radical (unpaired) electrons. The van der Waals surface area contributed by atoms with Gasteiger partial charge in [-0.1, -0.05) is 24.3 Å². The molecule has 2 N–H and O–H groups in total. The lowest BCUT2D eigenvalue weighted by Gasteiger charge is -2.39. The second-order valence-electron chi connectivity index (χ2n) is 6.24. The van der Waals surface area contributed by atoms with E-state index in [1.165, 1.54) is 37.1 Å². The zero-order valence-corrected chi connectivity index (χ0v) is 12.0. The third-order valence-electron chi connectivity index (χ3n) is 4.83. The van der Waals surface area contributed by atoms with Gasteiger partial charge in [-0.05, 0) is 51.0 Å². The van der Waals surface area contributed by atoms with E-state index in [0.717, 1.165) is 6.42 Å². The normalized spacial score (nSPS) is 31.7. The van der Waals surface area contributed by atoms with E-state index in [2.05, 4.69) is 48.2 Å². The monoisotopic (exact) mass is 259 g/mol. The molecular formula is C16H25N3. The van der Waals surface area contributed by atoms with Crippen molar-refractivity contribution in [2.75, 3.05) is 27.2 Å². The van der Waals surface area contributed by atoms with Crippen molar-refractivity contribution in [1.82, 2.24) is 9.80 Å². The Morgan fingerprint density at radius 1 is 1.21 bits per heavy atom. The average molecular weight is 259 g/mol. The van der Waals surface area contributed by atoms with Gasteiger partial charge in [0.25, 0.3) is 0 Å². The molecule has 0 amide bonds. The van der Waals surface area contributed by atoms with Gasteiger partial charge >= 0.3 is 0 Å². The molecule has 1 saturated heterocycles. The Kier molecular flexibility index (Phi) is 3.61. The van der Waals surface area contributed by atoms with Crippen molar-refractivity contribution < 1.29 is 0 Å². The maximum Gasteiger partial charge on any atom is 0.0370 e. The topological polar surface area (TPSA) is 32.5 Å². The molecule has 0 saturated carbocycles. The van der Waals surface area contributed by atoms with Gasteiger partial charge in [0.05, 0.1) is 0 Å². The number of hydrogen-bond donors (Lipinski definition) is 1. The smallest absolute Gasteiger partial charge is 0.0370 e. The van der Waals surface area contributed by atoms with Crippen LogP contribution in [-0.4, -0.2) is 43.0 Å². The Morgan fingerprint density at radius 2 is 1.95 bits per heavy atom. The number of piperidine rings is 1. The first-order chi connectivity index (χ1) is 9.16. The van der Waals surface area contributed by atoms with Crippen molar-refractivity contribution in [3.05, 3.63) is 35.4 Å². The van der Waals surface area contributed by atoms with Gasteiger partial charge in [0.15, 0.2) is 0 Å².